The molecule has 0 amide bonds. The van der Waals surface area contributed by atoms with Crippen LogP contribution in [0.4, 0.5) is 4.39 Å². The average Bonchev–Trinajstić information content (AvgIpc) is 3.29. The molecule has 0 aromatic heterocycles. The van der Waals surface area contributed by atoms with Gasteiger partial charge in [-0.3, -0.25) is 4.90 Å². The van der Waals surface area contributed by atoms with Crippen molar-refractivity contribution in [2.45, 2.75) is 38.9 Å². The Hall–Kier alpha value is -0.970. The Morgan fingerprint density at radius 2 is 2.10 bits per heavy atom. The van der Waals surface area contributed by atoms with Crippen molar-refractivity contribution in [3.05, 3.63) is 35.1 Å². The third kappa shape index (κ3) is 3.78. The van der Waals surface area contributed by atoms with Gasteiger partial charge >= 0.3 is 0 Å². The zero-order valence-corrected chi connectivity index (χ0v) is 12.4. The van der Waals surface area contributed by atoms with Crippen LogP contribution in [0.15, 0.2) is 18.2 Å². The minimum absolute atomic E-state index is 0.152. The molecule has 0 spiro atoms. The molecule has 20 heavy (non-hydrogen) atoms. The van der Waals surface area contributed by atoms with Gasteiger partial charge in [0, 0.05) is 43.9 Å². The van der Waals surface area contributed by atoms with Crippen molar-refractivity contribution in [2.75, 3.05) is 20.3 Å². The van der Waals surface area contributed by atoms with Crippen LogP contribution in [0, 0.1) is 11.7 Å². The molecule has 0 aliphatic heterocycles. The summed E-state index contributed by atoms with van der Waals surface area (Å²) in [6.45, 7) is 4.62. The number of nitrogens with zero attached hydrogens (tertiary/aromatic N) is 1. The Kier molecular flexibility index (Phi) is 5.52. The van der Waals surface area contributed by atoms with E-state index in [9.17, 15) is 4.39 Å². The maximum absolute atomic E-state index is 14.3. The number of hydrogen-bond acceptors (Lipinski definition) is 3. The largest absolute Gasteiger partial charge is 0.383 e. The topological polar surface area (TPSA) is 38.5 Å². The van der Waals surface area contributed by atoms with E-state index in [0.29, 0.717) is 24.8 Å². The van der Waals surface area contributed by atoms with Crippen LogP contribution in [0.1, 0.15) is 30.9 Å². The summed E-state index contributed by atoms with van der Waals surface area (Å²) < 4.78 is 19.5. The van der Waals surface area contributed by atoms with Gasteiger partial charge in [-0.25, -0.2) is 4.39 Å². The van der Waals surface area contributed by atoms with Crippen LogP contribution < -0.4 is 5.73 Å². The van der Waals surface area contributed by atoms with Crippen LogP contribution >= 0.6 is 0 Å². The molecular weight excluding hydrogens is 255 g/mol. The maximum Gasteiger partial charge on any atom is 0.132 e. The summed E-state index contributed by atoms with van der Waals surface area (Å²) in [7, 11) is 1.70. The molecule has 1 unspecified atom stereocenters. The molecule has 1 fully saturated rings. The number of hydrogen-bond donors (Lipinski definition) is 1. The second-order valence-electron chi connectivity index (χ2n) is 5.64. The fourth-order valence-corrected chi connectivity index (χ4v) is 2.64. The lowest BCUT2D eigenvalue weighted by Gasteiger charge is -2.29. The first-order valence-electron chi connectivity index (χ1n) is 7.36. The molecule has 1 aliphatic rings. The average molecular weight is 280 g/mol. The SMILES string of the molecule is COCCN(Cc1cccc(CN)c1F)C(C)C1CC1. The molecule has 0 radical (unpaired) electrons. The van der Waals surface area contributed by atoms with Crippen LogP contribution in [-0.4, -0.2) is 31.2 Å². The van der Waals surface area contributed by atoms with Crippen molar-refractivity contribution >= 4 is 0 Å². The second kappa shape index (κ2) is 7.16. The van der Waals surface area contributed by atoms with Crippen LogP contribution in [0.2, 0.25) is 0 Å². The maximum atomic E-state index is 14.3. The highest BCUT2D eigenvalue weighted by Crippen LogP contribution is 2.35. The molecule has 0 heterocycles. The molecular formula is C16H25FN2O. The smallest absolute Gasteiger partial charge is 0.132 e. The van der Waals surface area contributed by atoms with Crippen molar-refractivity contribution in [1.29, 1.82) is 0 Å². The first-order valence-corrected chi connectivity index (χ1v) is 7.36. The van der Waals surface area contributed by atoms with Gasteiger partial charge in [0.2, 0.25) is 0 Å². The third-order valence-electron chi connectivity index (χ3n) is 4.21. The Labute approximate surface area is 120 Å². The fourth-order valence-electron chi connectivity index (χ4n) is 2.64. The van der Waals surface area contributed by atoms with Gasteiger partial charge in [-0.2, -0.15) is 0 Å². The van der Waals surface area contributed by atoms with E-state index in [2.05, 4.69) is 11.8 Å². The zero-order chi connectivity index (χ0) is 14.5. The van der Waals surface area contributed by atoms with E-state index in [0.717, 1.165) is 18.0 Å². The van der Waals surface area contributed by atoms with E-state index in [-0.39, 0.29) is 12.4 Å². The quantitative estimate of drug-likeness (QED) is 0.795. The normalized spacial score (nSPS) is 16.6. The summed E-state index contributed by atoms with van der Waals surface area (Å²) in [5, 5.41) is 0. The van der Waals surface area contributed by atoms with E-state index in [1.54, 1.807) is 13.2 Å². The summed E-state index contributed by atoms with van der Waals surface area (Å²) in [4.78, 5) is 2.32. The highest BCUT2D eigenvalue weighted by Gasteiger charge is 2.32. The molecule has 3 nitrogen and oxygen atoms in total. The summed E-state index contributed by atoms with van der Waals surface area (Å²) >= 11 is 0. The number of ether oxygens (including phenoxy) is 1. The van der Waals surface area contributed by atoms with E-state index in [1.807, 2.05) is 12.1 Å². The molecule has 0 bridgehead atoms. The van der Waals surface area contributed by atoms with Gasteiger partial charge in [-0.15, -0.1) is 0 Å². The zero-order valence-electron chi connectivity index (χ0n) is 12.4. The summed E-state index contributed by atoms with van der Waals surface area (Å²) in [5.41, 5.74) is 6.90. The van der Waals surface area contributed by atoms with Crippen LogP contribution in [-0.2, 0) is 17.8 Å². The van der Waals surface area contributed by atoms with Crippen molar-refractivity contribution in [1.82, 2.24) is 4.90 Å². The van der Waals surface area contributed by atoms with E-state index in [1.165, 1.54) is 12.8 Å². The molecule has 0 saturated heterocycles. The fraction of sp³-hybridized carbons (Fsp3) is 0.625. The summed E-state index contributed by atoms with van der Waals surface area (Å²) in [6, 6.07) is 5.97. The van der Waals surface area contributed by atoms with E-state index >= 15 is 0 Å². The Morgan fingerprint density at radius 1 is 1.40 bits per heavy atom. The van der Waals surface area contributed by atoms with Crippen LogP contribution in [0.3, 0.4) is 0 Å². The molecule has 1 aromatic carbocycles. The van der Waals surface area contributed by atoms with Gasteiger partial charge in [-0.05, 0) is 25.7 Å². The van der Waals surface area contributed by atoms with Gasteiger partial charge < -0.3 is 10.5 Å². The highest BCUT2D eigenvalue weighted by atomic mass is 19.1. The number of nitrogens with two attached hydrogens (primary N) is 1. The molecule has 2 N–H and O–H groups in total. The van der Waals surface area contributed by atoms with Crippen LogP contribution in [0.5, 0.6) is 0 Å². The summed E-state index contributed by atoms with van der Waals surface area (Å²) in [5.74, 6) is 0.605. The Balaban J connectivity index is 2.09. The number of methoxy groups -OCH3 is 1. The van der Waals surface area contributed by atoms with Crippen molar-refractivity contribution in [2.24, 2.45) is 11.7 Å². The highest BCUT2D eigenvalue weighted by molar-refractivity contribution is 5.26. The van der Waals surface area contributed by atoms with Crippen molar-refractivity contribution in [3.63, 3.8) is 0 Å². The minimum atomic E-state index is -0.152. The molecule has 4 heteroatoms. The summed E-state index contributed by atoms with van der Waals surface area (Å²) in [6.07, 6.45) is 2.58. The lowest BCUT2D eigenvalue weighted by atomic mass is 10.1. The number of halogens is 1. The molecule has 1 atom stereocenters. The van der Waals surface area contributed by atoms with Gasteiger partial charge in [0.05, 0.1) is 6.61 Å². The molecule has 1 saturated carbocycles. The van der Waals surface area contributed by atoms with Crippen molar-refractivity contribution < 1.29 is 9.13 Å². The van der Waals surface area contributed by atoms with Gasteiger partial charge in [0.15, 0.2) is 0 Å². The molecule has 112 valence electrons. The Morgan fingerprint density at radius 3 is 2.70 bits per heavy atom. The first kappa shape index (κ1) is 15.4. The van der Waals surface area contributed by atoms with Gasteiger partial charge in [0.1, 0.15) is 5.82 Å². The lowest BCUT2D eigenvalue weighted by Crippen LogP contribution is -2.37. The number of benzene rings is 1. The minimum Gasteiger partial charge on any atom is -0.383 e. The second-order valence-corrected chi connectivity index (χ2v) is 5.64. The van der Waals surface area contributed by atoms with Crippen LogP contribution in [0.25, 0.3) is 0 Å². The van der Waals surface area contributed by atoms with E-state index in [4.69, 9.17) is 10.5 Å². The molecule has 1 aliphatic carbocycles. The Bertz CT molecular complexity index is 434. The standard InChI is InChI=1S/C16H25FN2O/c1-12(13-6-7-13)19(8-9-20-2)11-15-5-3-4-14(10-18)16(15)17/h3-5,12-13H,6-11,18H2,1-2H3. The van der Waals surface area contributed by atoms with Gasteiger partial charge in [-0.1, -0.05) is 18.2 Å². The molecule has 1 aromatic rings. The van der Waals surface area contributed by atoms with E-state index < -0.39 is 0 Å². The lowest BCUT2D eigenvalue weighted by molar-refractivity contribution is 0.111. The monoisotopic (exact) mass is 280 g/mol. The predicted molar refractivity (Wildman–Crippen MR) is 78.8 cm³/mol. The van der Waals surface area contributed by atoms with Crippen molar-refractivity contribution in [3.8, 4) is 0 Å². The molecule has 2 rings (SSSR count). The predicted octanol–water partition coefficient (Wildman–Crippen LogP) is 2.53. The third-order valence-corrected chi connectivity index (χ3v) is 4.21. The first-order chi connectivity index (χ1) is 9.67. The number of rotatable bonds is 8. The van der Waals surface area contributed by atoms with Gasteiger partial charge in [0.25, 0.3) is 0 Å².